The number of aliphatic hydroxyl groups is 1. The molecule has 2 atom stereocenters. The molecule has 1 saturated heterocycles. The Morgan fingerprint density at radius 3 is 2.28 bits per heavy atom. The van der Waals surface area contributed by atoms with Crippen LogP contribution in [0, 0.1) is 5.41 Å². The Morgan fingerprint density at radius 1 is 1.00 bits per heavy atom. The van der Waals surface area contributed by atoms with Gasteiger partial charge in [-0.05, 0) is 25.7 Å². The zero-order valence-electron chi connectivity index (χ0n) is 11.3. The molecule has 1 N–H and O–H groups in total. The summed E-state index contributed by atoms with van der Waals surface area (Å²) in [5.41, 5.74) is 0.106. The molecule has 3 nitrogen and oxygen atoms in total. The van der Waals surface area contributed by atoms with E-state index in [-0.39, 0.29) is 11.5 Å². The molecule has 3 fully saturated rings. The highest BCUT2D eigenvalue weighted by atomic mass is 16.5. The van der Waals surface area contributed by atoms with Crippen molar-refractivity contribution in [2.45, 2.75) is 76.1 Å². The molecule has 0 aromatic carbocycles. The van der Waals surface area contributed by atoms with E-state index in [0.29, 0.717) is 12.2 Å². The predicted molar refractivity (Wildman–Crippen MR) is 69.5 cm³/mol. The lowest BCUT2D eigenvalue weighted by atomic mass is 9.59. The Balaban J connectivity index is 1.61. The molecular formula is C15H26O3. The van der Waals surface area contributed by atoms with Crippen molar-refractivity contribution in [2.24, 2.45) is 5.41 Å². The van der Waals surface area contributed by atoms with Gasteiger partial charge in [0.15, 0.2) is 0 Å². The van der Waals surface area contributed by atoms with Crippen LogP contribution >= 0.6 is 0 Å². The van der Waals surface area contributed by atoms with Gasteiger partial charge in [-0.2, -0.15) is 0 Å². The van der Waals surface area contributed by atoms with E-state index in [2.05, 4.69) is 0 Å². The van der Waals surface area contributed by atoms with Gasteiger partial charge < -0.3 is 14.6 Å². The topological polar surface area (TPSA) is 38.7 Å². The number of hydrogen-bond donors (Lipinski definition) is 1. The molecule has 104 valence electrons. The molecule has 0 bridgehead atoms. The number of hydrogen-bond acceptors (Lipinski definition) is 3. The molecule has 3 rings (SSSR count). The number of aliphatic hydroxyl groups excluding tert-OH is 1. The average molecular weight is 254 g/mol. The third-order valence-electron chi connectivity index (χ3n) is 5.30. The quantitative estimate of drug-likeness (QED) is 0.823. The second kappa shape index (κ2) is 5.48. The Kier molecular flexibility index (Phi) is 3.92. The highest BCUT2D eigenvalue weighted by Crippen LogP contribution is 2.53. The van der Waals surface area contributed by atoms with Gasteiger partial charge in [-0.15, -0.1) is 0 Å². The van der Waals surface area contributed by atoms with E-state index in [0.717, 1.165) is 32.5 Å². The van der Waals surface area contributed by atoms with Gasteiger partial charge in [0.05, 0.1) is 18.3 Å². The maximum atomic E-state index is 10.2. The summed E-state index contributed by atoms with van der Waals surface area (Å²) < 4.78 is 11.7. The molecule has 1 heterocycles. The molecule has 2 unspecified atom stereocenters. The summed E-state index contributed by atoms with van der Waals surface area (Å²) in [6, 6.07) is 0. The lowest BCUT2D eigenvalue weighted by Crippen LogP contribution is -2.59. The zero-order chi connectivity index (χ0) is 12.4. The van der Waals surface area contributed by atoms with E-state index >= 15 is 0 Å². The minimum atomic E-state index is -0.111. The highest BCUT2D eigenvalue weighted by molar-refractivity contribution is 5.05. The van der Waals surface area contributed by atoms with Gasteiger partial charge >= 0.3 is 0 Å². The molecule has 18 heavy (non-hydrogen) atoms. The summed E-state index contributed by atoms with van der Waals surface area (Å²) in [5, 5.41) is 10.2. The molecule has 0 aromatic rings. The average Bonchev–Trinajstić information content (AvgIpc) is 2.67. The molecule has 1 aliphatic heterocycles. The van der Waals surface area contributed by atoms with Gasteiger partial charge in [0, 0.05) is 25.0 Å². The van der Waals surface area contributed by atoms with Crippen molar-refractivity contribution in [1.82, 2.24) is 0 Å². The summed E-state index contributed by atoms with van der Waals surface area (Å²) in [6.45, 7) is 1.68. The van der Waals surface area contributed by atoms with Crippen molar-refractivity contribution in [3.63, 3.8) is 0 Å². The molecule has 3 heteroatoms. The first-order chi connectivity index (χ1) is 8.81. The predicted octanol–water partition coefficient (Wildman–Crippen LogP) is 2.66. The third kappa shape index (κ3) is 2.33. The van der Waals surface area contributed by atoms with E-state index in [1.807, 2.05) is 0 Å². The van der Waals surface area contributed by atoms with Crippen LogP contribution in [0.1, 0.15) is 57.8 Å². The van der Waals surface area contributed by atoms with Crippen molar-refractivity contribution in [3.8, 4) is 0 Å². The van der Waals surface area contributed by atoms with Crippen LogP contribution in [0.15, 0.2) is 0 Å². The smallest absolute Gasteiger partial charge is 0.0684 e. The second-order valence-corrected chi connectivity index (χ2v) is 6.34. The molecular weight excluding hydrogens is 228 g/mol. The minimum absolute atomic E-state index is 0.106. The lowest BCUT2D eigenvalue weighted by molar-refractivity contribution is -0.224. The van der Waals surface area contributed by atoms with E-state index in [1.165, 1.54) is 38.5 Å². The molecule has 2 aliphatic carbocycles. The highest BCUT2D eigenvalue weighted by Gasteiger charge is 2.55. The fourth-order valence-corrected chi connectivity index (χ4v) is 4.00. The first kappa shape index (κ1) is 12.9. The van der Waals surface area contributed by atoms with Crippen LogP contribution in [-0.4, -0.2) is 36.6 Å². The van der Waals surface area contributed by atoms with Crippen molar-refractivity contribution >= 4 is 0 Å². The fraction of sp³-hybridized carbons (Fsp3) is 1.00. The largest absolute Gasteiger partial charge is 0.392 e. The fourth-order valence-electron chi connectivity index (χ4n) is 4.00. The number of ether oxygens (including phenoxy) is 2. The van der Waals surface area contributed by atoms with Crippen LogP contribution in [0.3, 0.4) is 0 Å². The first-order valence-electron chi connectivity index (χ1n) is 7.72. The van der Waals surface area contributed by atoms with E-state index in [4.69, 9.17) is 9.47 Å². The van der Waals surface area contributed by atoms with Crippen LogP contribution < -0.4 is 0 Å². The van der Waals surface area contributed by atoms with Crippen LogP contribution in [0.2, 0.25) is 0 Å². The SMILES string of the molecule is OC1CC(OC2CCOCC2)C12CCCCCC2. The summed E-state index contributed by atoms with van der Waals surface area (Å²) in [4.78, 5) is 0. The van der Waals surface area contributed by atoms with E-state index in [9.17, 15) is 5.11 Å². The van der Waals surface area contributed by atoms with Gasteiger partial charge in [-0.3, -0.25) is 0 Å². The third-order valence-corrected chi connectivity index (χ3v) is 5.30. The summed E-state index contributed by atoms with van der Waals surface area (Å²) in [6.07, 6.45) is 11.0. The number of rotatable bonds is 2. The Hall–Kier alpha value is -0.120. The molecule has 1 spiro atoms. The first-order valence-corrected chi connectivity index (χ1v) is 7.72. The van der Waals surface area contributed by atoms with Gasteiger partial charge in [-0.1, -0.05) is 25.7 Å². The minimum Gasteiger partial charge on any atom is -0.392 e. The van der Waals surface area contributed by atoms with Crippen LogP contribution in [0.25, 0.3) is 0 Å². The molecule has 0 amide bonds. The molecule has 2 saturated carbocycles. The zero-order valence-corrected chi connectivity index (χ0v) is 11.3. The second-order valence-electron chi connectivity index (χ2n) is 6.34. The van der Waals surface area contributed by atoms with Crippen molar-refractivity contribution in [1.29, 1.82) is 0 Å². The molecule has 0 radical (unpaired) electrons. The monoisotopic (exact) mass is 254 g/mol. The summed E-state index contributed by atoms with van der Waals surface area (Å²) in [5.74, 6) is 0. The van der Waals surface area contributed by atoms with Crippen LogP contribution in [0.5, 0.6) is 0 Å². The lowest BCUT2D eigenvalue weighted by Gasteiger charge is -2.54. The Morgan fingerprint density at radius 2 is 1.67 bits per heavy atom. The Labute approximate surface area is 110 Å². The van der Waals surface area contributed by atoms with Crippen molar-refractivity contribution < 1.29 is 14.6 Å². The van der Waals surface area contributed by atoms with Crippen molar-refractivity contribution in [2.75, 3.05) is 13.2 Å². The van der Waals surface area contributed by atoms with Crippen LogP contribution in [-0.2, 0) is 9.47 Å². The van der Waals surface area contributed by atoms with Crippen LogP contribution in [0.4, 0.5) is 0 Å². The van der Waals surface area contributed by atoms with Gasteiger partial charge in [-0.25, -0.2) is 0 Å². The summed E-state index contributed by atoms with van der Waals surface area (Å²) in [7, 11) is 0. The normalized spacial score (nSPS) is 37.2. The maximum absolute atomic E-state index is 10.2. The Bertz CT molecular complexity index is 265. The van der Waals surface area contributed by atoms with E-state index < -0.39 is 0 Å². The standard InChI is InChI=1S/C15H26O3/c16-13-11-14(18-12-5-9-17-10-6-12)15(13)7-3-1-2-4-8-15/h12-14,16H,1-11H2. The van der Waals surface area contributed by atoms with E-state index in [1.54, 1.807) is 0 Å². The van der Waals surface area contributed by atoms with Gasteiger partial charge in [0.2, 0.25) is 0 Å². The summed E-state index contributed by atoms with van der Waals surface area (Å²) >= 11 is 0. The van der Waals surface area contributed by atoms with Crippen molar-refractivity contribution in [3.05, 3.63) is 0 Å². The maximum Gasteiger partial charge on any atom is 0.0684 e. The van der Waals surface area contributed by atoms with Gasteiger partial charge in [0.1, 0.15) is 0 Å². The molecule has 3 aliphatic rings. The van der Waals surface area contributed by atoms with Gasteiger partial charge in [0.25, 0.3) is 0 Å². The molecule has 0 aromatic heterocycles.